The number of benzene rings is 1. The molecule has 0 aliphatic rings. The molecule has 1 aromatic carbocycles. The van der Waals surface area contributed by atoms with Crippen LogP contribution in [0.2, 0.25) is 5.02 Å². The molecule has 0 spiro atoms. The second kappa shape index (κ2) is 5.22. The first-order valence-electron chi connectivity index (χ1n) is 4.12. The summed E-state index contributed by atoms with van der Waals surface area (Å²) in [7, 11) is 0. The highest BCUT2D eigenvalue weighted by atomic mass is 35.5. The minimum Gasteiger partial charge on any atom is -0.264 e. The van der Waals surface area contributed by atoms with Crippen LogP contribution in [0.4, 0.5) is 0 Å². The number of nitrogens with zero attached hydrogens (tertiary/aromatic N) is 1. The molecule has 0 aromatic heterocycles. The average molecular weight is 232 g/mol. The molecule has 5 heteroatoms. The van der Waals surface area contributed by atoms with Crippen LogP contribution in [0.15, 0.2) is 29.2 Å². The van der Waals surface area contributed by atoms with Gasteiger partial charge in [-0.05, 0) is 12.1 Å². The standard InChI is InChI=1S/C9H10ClNO2S/c1-7(11(12)13)6-14-9-5-3-2-4-8(9)10/h2-5,7H,6H2,1H3. The zero-order valence-electron chi connectivity index (χ0n) is 7.64. The molecule has 1 atom stereocenters. The molecule has 1 rings (SSSR count). The molecule has 0 aliphatic heterocycles. The Morgan fingerprint density at radius 1 is 1.57 bits per heavy atom. The van der Waals surface area contributed by atoms with Crippen LogP contribution in [0, 0.1) is 10.1 Å². The summed E-state index contributed by atoms with van der Waals surface area (Å²) in [4.78, 5) is 11.0. The van der Waals surface area contributed by atoms with Crippen LogP contribution in [0.25, 0.3) is 0 Å². The van der Waals surface area contributed by atoms with Gasteiger partial charge < -0.3 is 0 Å². The first-order valence-corrected chi connectivity index (χ1v) is 5.48. The molecule has 0 saturated carbocycles. The average Bonchev–Trinajstić information content (AvgIpc) is 2.16. The number of hydrogen-bond donors (Lipinski definition) is 0. The highest BCUT2D eigenvalue weighted by Crippen LogP contribution is 2.27. The summed E-state index contributed by atoms with van der Waals surface area (Å²) in [6.45, 7) is 1.59. The minimum atomic E-state index is -0.545. The lowest BCUT2D eigenvalue weighted by molar-refractivity contribution is -0.511. The molecule has 14 heavy (non-hydrogen) atoms. The number of rotatable bonds is 4. The van der Waals surface area contributed by atoms with Crippen molar-refractivity contribution in [1.29, 1.82) is 0 Å². The van der Waals surface area contributed by atoms with Gasteiger partial charge in [0.25, 0.3) is 0 Å². The van der Waals surface area contributed by atoms with Gasteiger partial charge in [-0.3, -0.25) is 10.1 Å². The third kappa shape index (κ3) is 3.20. The number of halogens is 1. The smallest absolute Gasteiger partial charge is 0.219 e. The summed E-state index contributed by atoms with van der Waals surface area (Å²) in [6, 6.07) is 6.80. The quantitative estimate of drug-likeness (QED) is 0.454. The van der Waals surface area contributed by atoms with Crippen molar-refractivity contribution >= 4 is 23.4 Å². The van der Waals surface area contributed by atoms with Crippen LogP contribution < -0.4 is 0 Å². The molecule has 0 radical (unpaired) electrons. The molecule has 0 N–H and O–H groups in total. The number of hydrogen-bond acceptors (Lipinski definition) is 3. The molecular formula is C9H10ClNO2S. The van der Waals surface area contributed by atoms with Gasteiger partial charge >= 0.3 is 0 Å². The molecular weight excluding hydrogens is 222 g/mol. The number of nitro groups is 1. The maximum atomic E-state index is 10.4. The van der Waals surface area contributed by atoms with Gasteiger partial charge in [-0.15, -0.1) is 11.8 Å². The molecule has 0 heterocycles. The van der Waals surface area contributed by atoms with Crippen LogP contribution in [-0.2, 0) is 0 Å². The van der Waals surface area contributed by atoms with E-state index in [2.05, 4.69) is 0 Å². The van der Waals surface area contributed by atoms with Crippen molar-refractivity contribution in [2.45, 2.75) is 17.9 Å². The van der Waals surface area contributed by atoms with Crippen molar-refractivity contribution in [2.75, 3.05) is 5.75 Å². The van der Waals surface area contributed by atoms with Crippen molar-refractivity contribution in [2.24, 2.45) is 0 Å². The summed E-state index contributed by atoms with van der Waals surface area (Å²) < 4.78 is 0. The Morgan fingerprint density at radius 3 is 2.79 bits per heavy atom. The predicted octanol–water partition coefficient (Wildman–Crippen LogP) is 3.10. The van der Waals surface area contributed by atoms with E-state index in [1.807, 2.05) is 18.2 Å². The summed E-state index contributed by atoms with van der Waals surface area (Å²) in [5, 5.41) is 11.0. The van der Waals surface area contributed by atoms with Gasteiger partial charge in [0.2, 0.25) is 6.04 Å². The van der Waals surface area contributed by atoms with Crippen LogP contribution in [0.3, 0.4) is 0 Å². The lowest BCUT2D eigenvalue weighted by Gasteiger charge is -2.04. The lowest BCUT2D eigenvalue weighted by atomic mass is 10.4. The fourth-order valence-corrected chi connectivity index (χ4v) is 2.06. The van der Waals surface area contributed by atoms with Gasteiger partial charge in [-0.1, -0.05) is 23.7 Å². The second-order valence-electron chi connectivity index (χ2n) is 2.88. The highest BCUT2D eigenvalue weighted by molar-refractivity contribution is 7.99. The van der Waals surface area contributed by atoms with E-state index >= 15 is 0 Å². The molecule has 0 fully saturated rings. The van der Waals surface area contributed by atoms with Crippen LogP contribution >= 0.6 is 23.4 Å². The molecule has 1 unspecified atom stereocenters. The van der Waals surface area contributed by atoms with Gasteiger partial charge in [0.15, 0.2) is 0 Å². The monoisotopic (exact) mass is 231 g/mol. The number of thioether (sulfide) groups is 1. The van der Waals surface area contributed by atoms with E-state index in [-0.39, 0.29) is 4.92 Å². The highest BCUT2D eigenvalue weighted by Gasteiger charge is 2.13. The van der Waals surface area contributed by atoms with E-state index in [9.17, 15) is 10.1 Å². The topological polar surface area (TPSA) is 43.1 Å². The first-order chi connectivity index (χ1) is 6.61. The first kappa shape index (κ1) is 11.3. The van der Waals surface area contributed by atoms with Crippen molar-refractivity contribution < 1.29 is 4.92 Å². The Hall–Kier alpha value is -0.740. The molecule has 1 aromatic rings. The van der Waals surface area contributed by atoms with E-state index in [1.54, 1.807) is 13.0 Å². The molecule has 76 valence electrons. The van der Waals surface area contributed by atoms with Crippen molar-refractivity contribution in [3.8, 4) is 0 Å². The normalized spacial score (nSPS) is 12.4. The van der Waals surface area contributed by atoms with Gasteiger partial charge in [0.05, 0.1) is 10.8 Å². The predicted molar refractivity (Wildman–Crippen MR) is 58.6 cm³/mol. The van der Waals surface area contributed by atoms with Crippen molar-refractivity contribution in [3.63, 3.8) is 0 Å². The second-order valence-corrected chi connectivity index (χ2v) is 4.34. The van der Waals surface area contributed by atoms with Crippen LogP contribution in [0.1, 0.15) is 6.92 Å². The Kier molecular flexibility index (Phi) is 4.22. The van der Waals surface area contributed by atoms with E-state index in [0.29, 0.717) is 10.8 Å². The summed E-state index contributed by atoms with van der Waals surface area (Å²) in [5.41, 5.74) is 0. The SMILES string of the molecule is CC(CSc1ccccc1Cl)[N+](=O)[O-]. The van der Waals surface area contributed by atoms with Crippen molar-refractivity contribution in [3.05, 3.63) is 39.4 Å². The molecule has 3 nitrogen and oxygen atoms in total. The van der Waals surface area contributed by atoms with E-state index < -0.39 is 6.04 Å². The zero-order chi connectivity index (χ0) is 10.6. The van der Waals surface area contributed by atoms with E-state index in [0.717, 1.165) is 4.90 Å². The third-order valence-corrected chi connectivity index (χ3v) is 3.43. The molecule has 0 saturated heterocycles. The maximum Gasteiger partial charge on any atom is 0.219 e. The fraction of sp³-hybridized carbons (Fsp3) is 0.333. The Balaban J connectivity index is 2.54. The van der Waals surface area contributed by atoms with Gasteiger partial charge in [0, 0.05) is 16.7 Å². The van der Waals surface area contributed by atoms with Gasteiger partial charge in [-0.2, -0.15) is 0 Å². The summed E-state index contributed by atoms with van der Waals surface area (Å²) in [6.07, 6.45) is 0. The van der Waals surface area contributed by atoms with Gasteiger partial charge in [-0.25, -0.2) is 0 Å². The van der Waals surface area contributed by atoms with Crippen molar-refractivity contribution in [1.82, 2.24) is 0 Å². The lowest BCUT2D eigenvalue weighted by Crippen LogP contribution is -2.17. The Bertz CT molecular complexity index is 332. The Morgan fingerprint density at radius 2 is 2.21 bits per heavy atom. The van der Waals surface area contributed by atoms with Crippen LogP contribution in [-0.4, -0.2) is 16.7 Å². The third-order valence-electron chi connectivity index (χ3n) is 1.68. The maximum absolute atomic E-state index is 10.4. The Labute approximate surface area is 91.6 Å². The van der Waals surface area contributed by atoms with Gasteiger partial charge in [0.1, 0.15) is 0 Å². The fourth-order valence-electron chi connectivity index (χ4n) is 0.833. The minimum absolute atomic E-state index is 0.288. The summed E-state index contributed by atoms with van der Waals surface area (Å²) >= 11 is 7.31. The van der Waals surface area contributed by atoms with E-state index in [1.165, 1.54) is 11.8 Å². The molecule has 0 amide bonds. The van der Waals surface area contributed by atoms with Crippen LogP contribution in [0.5, 0.6) is 0 Å². The molecule has 0 aliphatic carbocycles. The zero-order valence-corrected chi connectivity index (χ0v) is 9.22. The largest absolute Gasteiger partial charge is 0.264 e. The van der Waals surface area contributed by atoms with E-state index in [4.69, 9.17) is 11.6 Å². The molecule has 0 bridgehead atoms. The summed E-state index contributed by atoms with van der Waals surface area (Å²) in [5.74, 6) is 0.441.